The van der Waals surface area contributed by atoms with E-state index in [1.807, 2.05) is 6.20 Å². The van der Waals surface area contributed by atoms with Gasteiger partial charge < -0.3 is 10.2 Å². The van der Waals surface area contributed by atoms with Crippen molar-refractivity contribution < 1.29 is 0 Å². The summed E-state index contributed by atoms with van der Waals surface area (Å²) in [5.74, 6) is 1.11. The number of aromatic nitrogens is 1. The fraction of sp³-hybridized carbons (Fsp3) is 0.526. The van der Waals surface area contributed by atoms with Crippen molar-refractivity contribution in [2.75, 3.05) is 23.3 Å². The number of hydrogen-bond acceptors (Lipinski definition) is 3. The van der Waals surface area contributed by atoms with Crippen LogP contribution in [0, 0.1) is 6.92 Å². The van der Waals surface area contributed by atoms with Crippen LogP contribution in [0.25, 0.3) is 10.8 Å². The number of nitrogens with one attached hydrogen (secondary N) is 1. The van der Waals surface area contributed by atoms with Gasteiger partial charge in [0.1, 0.15) is 5.82 Å². The number of aryl methyl sites for hydroxylation is 1. The van der Waals surface area contributed by atoms with Crippen molar-refractivity contribution in [2.24, 2.45) is 0 Å². The van der Waals surface area contributed by atoms with Gasteiger partial charge in [-0.1, -0.05) is 30.5 Å². The van der Waals surface area contributed by atoms with Crippen molar-refractivity contribution in [1.82, 2.24) is 4.98 Å². The van der Waals surface area contributed by atoms with Crippen LogP contribution in [0.15, 0.2) is 24.4 Å². The van der Waals surface area contributed by atoms with Crippen LogP contribution in [0.4, 0.5) is 11.5 Å². The predicted molar refractivity (Wildman–Crippen MR) is 95.9 cm³/mol. The molecule has 22 heavy (non-hydrogen) atoms. The van der Waals surface area contributed by atoms with Crippen molar-refractivity contribution in [1.29, 1.82) is 0 Å². The van der Waals surface area contributed by atoms with E-state index < -0.39 is 0 Å². The Morgan fingerprint density at radius 2 is 1.86 bits per heavy atom. The molecule has 0 atom stereocenters. The highest BCUT2D eigenvalue weighted by Crippen LogP contribution is 2.33. The molecule has 1 aliphatic rings. The fourth-order valence-electron chi connectivity index (χ4n) is 3.52. The Morgan fingerprint density at radius 3 is 2.55 bits per heavy atom. The molecule has 1 aromatic heterocycles. The molecule has 0 saturated heterocycles. The van der Waals surface area contributed by atoms with E-state index >= 15 is 0 Å². The summed E-state index contributed by atoms with van der Waals surface area (Å²) in [7, 11) is 0. The van der Waals surface area contributed by atoms with Crippen LogP contribution < -0.4 is 10.2 Å². The third-order valence-electron chi connectivity index (χ3n) is 4.80. The van der Waals surface area contributed by atoms with E-state index in [2.05, 4.69) is 49.2 Å². The molecule has 1 aliphatic carbocycles. The van der Waals surface area contributed by atoms with Crippen LogP contribution in [-0.2, 0) is 0 Å². The van der Waals surface area contributed by atoms with Gasteiger partial charge in [0.25, 0.3) is 0 Å². The van der Waals surface area contributed by atoms with Gasteiger partial charge in [-0.2, -0.15) is 0 Å². The van der Waals surface area contributed by atoms with Gasteiger partial charge in [0.2, 0.25) is 0 Å². The molecule has 0 bridgehead atoms. The third-order valence-corrected chi connectivity index (χ3v) is 4.80. The maximum Gasteiger partial charge on any atom is 0.136 e. The highest BCUT2D eigenvalue weighted by molar-refractivity contribution is 6.00. The molecule has 3 nitrogen and oxygen atoms in total. The molecule has 118 valence electrons. The van der Waals surface area contributed by atoms with Crippen molar-refractivity contribution in [3.05, 3.63) is 30.0 Å². The van der Waals surface area contributed by atoms with E-state index in [0.717, 1.165) is 18.9 Å². The van der Waals surface area contributed by atoms with Gasteiger partial charge in [-0.15, -0.1) is 0 Å². The first-order valence-corrected chi connectivity index (χ1v) is 8.63. The van der Waals surface area contributed by atoms with Crippen LogP contribution >= 0.6 is 0 Å². The molecule has 0 amide bonds. The SMILES string of the molecule is CCN(CC)c1ncc(NC2CCCC2)c2cc(C)ccc12. The lowest BCUT2D eigenvalue weighted by atomic mass is 10.1. The van der Waals surface area contributed by atoms with Crippen LogP contribution in [0.1, 0.15) is 45.1 Å². The number of fused-ring (bicyclic) bond motifs is 1. The highest BCUT2D eigenvalue weighted by atomic mass is 15.2. The summed E-state index contributed by atoms with van der Waals surface area (Å²) < 4.78 is 0. The summed E-state index contributed by atoms with van der Waals surface area (Å²) in [6, 6.07) is 7.33. The molecule has 0 spiro atoms. The molecule has 1 fully saturated rings. The Kier molecular flexibility index (Phi) is 4.51. The van der Waals surface area contributed by atoms with Gasteiger partial charge in [0.15, 0.2) is 0 Å². The van der Waals surface area contributed by atoms with Crippen molar-refractivity contribution in [2.45, 2.75) is 52.5 Å². The normalized spacial score (nSPS) is 15.4. The third kappa shape index (κ3) is 2.90. The molecule has 0 unspecified atom stereocenters. The van der Waals surface area contributed by atoms with Gasteiger partial charge in [-0.3, -0.25) is 0 Å². The molecule has 1 saturated carbocycles. The van der Waals surface area contributed by atoms with Crippen molar-refractivity contribution in [3.63, 3.8) is 0 Å². The number of pyridine rings is 1. The Hall–Kier alpha value is -1.77. The molecule has 0 aliphatic heterocycles. The van der Waals surface area contributed by atoms with Crippen LogP contribution in [0.3, 0.4) is 0 Å². The lowest BCUT2D eigenvalue weighted by Gasteiger charge is -2.23. The van der Waals surface area contributed by atoms with Gasteiger partial charge >= 0.3 is 0 Å². The zero-order valence-electron chi connectivity index (χ0n) is 14.0. The minimum absolute atomic E-state index is 0.616. The van der Waals surface area contributed by atoms with Crippen molar-refractivity contribution in [3.8, 4) is 0 Å². The minimum Gasteiger partial charge on any atom is -0.381 e. The quantitative estimate of drug-likeness (QED) is 0.863. The highest BCUT2D eigenvalue weighted by Gasteiger charge is 2.17. The molecule has 0 radical (unpaired) electrons. The lowest BCUT2D eigenvalue weighted by molar-refractivity contribution is 0.755. The topological polar surface area (TPSA) is 28.2 Å². The van der Waals surface area contributed by atoms with E-state index in [0.29, 0.717) is 6.04 Å². The molecular formula is C19H27N3. The summed E-state index contributed by atoms with van der Waals surface area (Å²) in [6.45, 7) is 8.52. The Bertz CT molecular complexity index is 640. The standard InChI is InChI=1S/C19H27N3/c1-4-22(5-2)19-16-11-10-14(3)12-17(16)18(13-20-19)21-15-8-6-7-9-15/h10-13,15,21H,4-9H2,1-3H3. The largest absolute Gasteiger partial charge is 0.381 e. The van der Waals surface area contributed by atoms with Gasteiger partial charge in [0, 0.05) is 29.9 Å². The first-order chi connectivity index (χ1) is 10.7. The molecule has 1 heterocycles. The first-order valence-electron chi connectivity index (χ1n) is 8.63. The van der Waals surface area contributed by atoms with Gasteiger partial charge in [0.05, 0.1) is 11.9 Å². The minimum atomic E-state index is 0.616. The maximum atomic E-state index is 4.78. The summed E-state index contributed by atoms with van der Waals surface area (Å²) in [5, 5.41) is 6.30. The predicted octanol–water partition coefficient (Wildman–Crippen LogP) is 4.74. The monoisotopic (exact) mass is 297 g/mol. The zero-order chi connectivity index (χ0) is 15.5. The molecule has 1 N–H and O–H groups in total. The first kappa shape index (κ1) is 15.1. The van der Waals surface area contributed by atoms with Crippen molar-refractivity contribution >= 4 is 22.3 Å². The Balaban J connectivity index is 2.06. The van der Waals surface area contributed by atoms with Gasteiger partial charge in [-0.05, 0) is 39.7 Å². The molecule has 2 aromatic rings. The number of anilines is 2. The lowest BCUT2D eigenvalue weighted by Crippen LogP contribution is -2.23. The van der Waals surface area contributed by atoms with Gasteiger partial charge in [-0.25, -0.2) is 4.98 Å². The van der Waals surface area contributed by atoms with Crippen LogP contribution in [-0.4, -0.2) is 24.1 Å². The average Bonchev–Trinajstić information content (AvgIpc) is 3.03. The Morgan fingerprint density at radius 1 is 1.14 bits per heavy atom. The Labute approximate surface area is 133 Å². The van der Waals surface area contributed by atoms with E-state index in [4.69, 9.17) is 4.98 Å². The maximum absolute atomic E-state index is 4.78. The van der Waals surface area contributed by atoms with E-state index in [1.54, 1.807) is 0 Å². The molecular weight excluding hydrogens is 270 g/mol. The molecule has 3 rings (SSSR count). The second-order valence-corrected chi connectivity index (χ2v) is 6.34. The smallest absolute Gasteiger partial charge is 0.136 e. The molecule has 1 aromatic carbocycles. The summed E-state index contributed by atoms with van der Waals surface area (Å²) in [4.78, 5) is 7.11. The number of rotatable bonds is 5. The average molecular weight is 297 g/mol. The van der Waals surface area contributed by atoms with E-state index in [1.165, 1.54) is 47.7 Å². The van der Waals surface area contributed by atoms with E-state index in [-0.39, 0.29) is 0 Å². The molecule has 3 heteroatoms. The summed E-state index contributed by atoms with van der Waals surface area (Å²) >= 11 is 0. The van der Waals surface area contributed by atoms with E-state index in [9.17, 15) is 0 Å². The van der Waals surface area contributed by atoms with Crippen LogP contribution in [0.5, 0.6) is 0 Å². The second-order valence-electron chi connectivity index (χ2n) is 6.34. The number of hydrogen-bond donors (Lipinski definition) is 1. The van der Waals surface area contributed by atoms with Crippen LogP contribution in [0.2, 0.25) is 0 Å². The summed E-state index contributed by atoms with van der Waals surface area (Å²) in [6.07, 6.45) is 7.29. The number of benzene rings is 1. The summed E-state index contributed by atoms with van der Waals surface area (Å²) in [5.41, 5.74) is 2.50. The fourth-order valence-corrected chi connectivity index (χ4v) is 3.52. The number of nitrogens with zero attached hydrogens (tertiary/aromatic N) is 2. The second kappa shape index (κ2) is 6.55. The zero-order valence-corrected chi connectivity index (χ0v) is 14.0.